The van der Waals surface area contributed by atoms with Crippen molar-refractivity contribution >= 4 is 21.7 Å². The van der Waals surface area contributed by atoms with Gasteiger partial charge in [-0.15, -0.1) is 0 Å². The summed E-state index contributed by atoms with van der Waals surface area (Å²) in [6.45, 7) is 3.22. The minimum absolute atomic E-state index is 0.673. The summed E-state index contributed by atoms with van der Waals surface area (Å²) in [6, 6.07) is 2.84. The molecule has 4 heteroatoms. The molecule has 0 amide bonds. The van der Waals surface area contributed by atoms with Crippen LogP contribution in [0.3, 0.4) is 0 Å². The van der Waals surface area contributed by atoms with Crippen molar-refractivity contribution in [2.75, 3.05) is 16.8 Å². The van der Waals surface area contributed by atoms with E-state index in [-0.39, 0.29) is 0 Å². The Hall–Kier alpha value is -0.640. The van der Waals surface area contributed by atoms with Gasteiger partial charge in [-0.25, -0.2) is 9.97 Å². The van der Waals surface area contributed by atoms with Crippen LogP contribution in [0.1, 0.15) is 44.7 Å². The fourth-order valence-corrected chi connectivity index (χ4v) is 3.11. The van der Waals surface area contributed by atoms with E-state index in [1.165, 1.54) is 31.4 Å². The van der Waals surface area contributed by atoms with E-state index >= 15 is 0 Å². The van der Waals surface area contributed by atoms with Crippen molar-refractivity contribution in [1.82, 2.24) is 9.97 Å². The van der Waals surface area contributed by atoms with Crippen molar-refractivity contribution < 1.29 is 0 Å². The van der Waals surface area contributed by atoms with Crippen LogP contribution in [0.15, 0.2) is 12.4 Å². The molecule has 0 aliphatic heterocycles. The number of hydrogen-bond donors (Lipinski definition) is 0. The summed E-state index contributed by atoms with van der Waals surface area (Å²) >= 11 is 3.56. The number of halogens is 1. The first kappa shape index (κ1) is 13.8. The lowest BCUT2D eigenvalue weighted by atomic mass is 10.2. The molecule has 2 rings (SSSR count). The zero-order valence-corrected chi connectivity index (χ0v) is 12.7. The molecule has 0 aromatic carbocycles. The number of nitrogens with zero attached hydrogens (tertiary/aromatic N) is 3. The van der Waals surface area contributed by atoms with Gasteiger partial charge in [-0.1, -0.05) is 42.1 Å². The van der Waals surface area contributed by atoms with E-state index in [0.29, 0.717) is 6.04 Å². The summed E-state index contributed by atoms with van der Waals surface area (Å²) in [5.74, 6) is 1.11. The number of hydrogen-bond acceptors (Lipinski definition) is 3. The maximum Gasteiger partial charge on any atom is 0.132 e. The van der Waals surface area contributed by atoms with Gasteiger partial charge < -0.3 is 4.90 Å². The summed E-state index contributed by atoms with van der Waals surface area (Å²) in [6.07, 6.45) is 9.23. The smallest absolute Gasteiger partial charge is 0.132 e. The van der Waals surface area contributed by atoms with Crippen LogP contribution in [-0.4, -0.2) is 27.9 Å². The highest BCUT2D eigenvalue weighted by Crippen LogP contribution is 2.27. The maximum atomic E-state index is 4.48. The van der Waals surface area contributed by atoms with Gasteiger partial charge in [0, 0.05) is 29.7 Å². The molecule has 100 valence electrons. The number of alkyl halides is 1. The molecule has 1 aliphatic carbocycles. The zero-order valence-electron chi connectivity index (χ0n) is 11.1. The molecule has 1 aromatic rings. The molecule has 0 radical (unpaired) electrons. The quantitative estimate of drug-likeness (QED) is 0.752. The van der Waals surface area contributed by atoms with E-state index in [1.807, 2.05) is 0 Å². The summed E-state index contributed by atoms with van der Waals surface area (Å²) in [5.41, 5.74) is 1.17. The van der Waals surface area contributed by atoms with E-state index in [1.54, 1.807) is 6.33 Å². The molecular weight excluding hydrogens is 290 g/mol. The molecule has 3 nitrogen and oxygen atoms in total. The molecule has 0 spiro atoms. The standard InChI is InChI=1S/C14H22BrN3/c1-2-5-12-10-14(17-11-16-12)18(9-8-15)13-6-3-4-7-13/h10-11,13H,2-9H2,1H3. The molecular formula is C14H22BrN3. The van der Waals surface area contributed by atoms with Crippen molar-refractivity contribution in [1.29, 1.82) is 0 Å². The van der Waals surface area contributed by atoms with E-state index in [9.17, 15) is 0 Å². The predicted molar refractivity (Wildman–Crippen MR) is 79.4 cm³/mol. The molecule has 1 aliphatic rings. The second kappa shape index (κ2) is 7.07. The average molecular weight is 312 g/mol. The Labute approximate surface area is 118 Å². The Bertz CT molecular complexity index is 364. The second-order valence-electron chi connectivity index (χ2n) is 4.94. The SMILES string of the molecule is CCCc1cc(N(CCBr)C2CCCC2)ncn1. The molecule has 0 N–H and O–H groups in total. The third kappa shape index (κ3) is 3.44. The normalized spacial score (nSPS) is 16.1. The summed E-state index contributed by atoms with van der Waals surface area (Å²) < 4.78 is 0. The Morgan fingerprint density at radius 3 is 2.78 bits per heavy atom. The van der Waals surface area contributed by atoms with Crippen LogP contribution < -0.4 is 4.90 Å². The third-order valence-corrected chi connectivity index (χ3v) is 3.96. The van der Waals surface area contributed by atoms with Crippen LogP contribution in [0.25, 0.3) is 0 Å². The van der Waals surface area contributed by atoms with Gasteiger partial charge in [-0.3, -0.25) is 0 Å². The van der Waals surface area contributed by atoms with Crippen LogP contribution >= 0.6 is 15.9 Å². The topological polar surface area (TPSA) is 29.0 Å². The summed E-state index contributed by atoms with van der Waals surface area (Å²) in [7, 11) is 0. The summed E-state index contributed by atoms with van der Waals surface area (Å²) in [4.78, 5) is 11.3. The first-order valence-electron chi connectivity index (χ1n) is 6.98. The monoisotopic (exact) mass is 311 g/mol. The minimum atomic E-state index is 0.673. The highest BCUT2D eigenvalue weighted by Gasteiger charge is 2.23. The molecule has 1 fully saturated rings. The van der Waals surface area contributed by atoms with Crippen LogP contribution in [-0.2, 0) is 6.42 Å². The van der Waals surface area contributed by atoms with Crippen molar-refractivity contribution in [2.45, 2.75) is 51.5 Å². The van der Waals surface area contributed by atoms with Gasteiger partial charge in [0.1, 0.15) is 12.1 Å². The number of aryl methyl sites for hydroxylation is 1. The van der Waals surface area contributed by atoms with E-state index in [0.717, 1.165) is 30.5 Å². The van der Waals surface area contributed by atoms with Gasteiger partial charge >= 0.3 is 0 Å². The molecule has 0 atom stereocenters. The predicted octanol–water partition coefficient (Wildman–Crippen LogP) is 3.57. The van der Waals surface area contributed by atoms with Crippen LogP contribution in [0.4, 0.5) is 5.82 Å². The van der Waals surface area contributed by atoms with Gasteiger partial charge in [0.15, 0.2) is 0 Å². The molecule has 0 unspecified atom stereocenters. The fraction of sp³-hybridized carbons (Fsp3) is 0.714. The van der Waals surface area contributed by atoms with Crippen molar-refractivity contribution in [3.63, 3.8) is 0 Å². The largest absolute Gasteiger partial charge is 0.353 e. The van der Waals surface area contributed by atoms with Crippen LogP contribution in [0, 0.1) is 0 Å². The van der Waals surface area contributed by atoms with Crippen LogP contribution in [0.2, 0.25) is 0 Å². The molecule has 1 aromatic heterocycles. The Morgan fingerprint density at radius 2 is 2.11 bits per heavy atom. The lowest BCUT2D eigenvalue weighted by Crippen LogP contribution is -2.35. The van der Waals surface area contributed by atoms with Gasteiger partial charge in [0.25, 0.3) is 0 Å². The lowest BCUT2D eigenvalue weighted by Gasteiger charge is -2.29. The highest BCUT2D eigenvalue weighted by atomic mass is 79.9. The Balaban J connectivity index is 2.15. The fourth-order valence-electron chi connectivity index (χ4n) is 2.73. The first-order valence-corrected chi connectivity index (χ1v) is 8.10. The number of anilines is 1. The van der Waals surface area contributed by atoms with E-state index < -0.39 is 0 Å². The molecule has 1 saturated carbocycles. The maximum absolute atomic E-state index is 4.48. The number of rotatable bonds is 6. The minimum Gasteiger partial charge on any atom is -0.353 e. The zero-order chi connectivity index (χ0) is 12.8. The second-order valence-corrected chi connectivity index (χ2v) is 5.73. The van der Waals surface area contributed by atoms with Crippen LogP contribution in [0.5, 0.6) is 0 Å². The average Bonchev–Trinajstić information content (AvgIpc) is 2.90. The first-order chi connectivity index (χ1) is 8.85. The third-order valence-electron chi connectivity index (χ3n) is 3.60. The van der Waals surface area contributed by atoms with Crippen molar-refractivity contribution in [3.05, 3.63) is 18.1 Å². The van der Waals surface area contributed by atoms with Gasteiger partial charge in [-0.2, -0.15) is 0 Å². The van der Waals surface area contributed by atoms with Crippen molar-refractivity contribution in [3.8, 4) is 0 Å². The molecule has 18 heavy (non-hydrogen) atoms. The Kier molecular flexibility index (Phi) is 5.42. The van der Waals surface area contributed by atoms with Gasteiger partial charge in [0.2, 0.25) is 0 Å². The Morgan fingerprint density at radius 1 is 1.33 bits per heavy atom. The van der Waals surface area contributed by atoms with Crippen molar-refractivity contribution in [2.24, 2.45) is 0 Å². The molecule has 0 saturated heterocycles. The molecule has 1 heterocycles. The lowest BCUT2D eigenvalue weighted by molar-refractivity contribution is 0.614. The van der Waals surface area contributed by atoms with Gasteiger partial charge in [-0.05, 0) is 19.3 Å². The highest BCUT2D eigenvalue weighted by molar-refractivity contribution is 9.09. The van der Waals surface area contributed by atoms with E-state index in [4.69, 9.17) is 0 Å². The van der Waals surface area contributed by atoms with Gasteiger partial charge in [0.05, 0.1) is 0 Å². The summed E-state index contributed by atoms with van der Waals surface area (Å²) in [5, 5.41) is 0.997. The van der Waals surface area contributed by atoms with E-state index in [2.05, 4.69) is 43.8 Å². The molecule has 0 bridgehead atoms. The number of aromatic nitrogens is 2.